The fourth-order valence-corrected chi connectivity index (χ4v) is 1.41. The van der Waals surface area contributed by atoms with Crippen molar-refractivity contribution in [1.82, 2.24) is 0 Å². The van der Waals surface area contributed by atoms with Gasteiger partial charge in [0.2, 0.25) is 0 Å². The number of benzene rings is 1. The van der Waals surface area contributed by atoms with E-state index in [1.165, 1.54) is 12.1 Å². The first-order valence-electron chi connectivity index (χ1n) is 4.69. The van der Waals surface area contributed by atoms with Gasteiger partial charge in [0.15, 0.2) is 0 Å². The average molecular weight is 257 g/mol. The highest BCUT2D eigenvalue weighted by Crippen LogP contribution is 2.24. The molecule has 0 saturated heterocycles. The van der Waals surface area contributed by atoms with Gasteiger partial charge >= 0.3 is 5.97 Å². The molecule has 1 aromatic rings. The smallest absolute Gasteiger partial charge is 0.339 e. The van der Waals surface area contributed by atoms with Crippen LogP contribution in [0.5, 0.6) is 5.75 Å². The topological polar surface area (TPSA) is 89.7 Å². The van der Waals surface area contributed by atoms with Crippen LogP contribution in [0.15, 0.2) is 18.2 Å². The molecule has 7 heteroatoms. The predicted molar refractivity (Wildman–Crippen MR) is 63.9 cm³/mol. The van der Waals surface area contributed by atoms with E-state index in [-0.39, 0.29) is 17.0 Å². The molecule has 0 heterocycles. The lowest BCUT2D eigenvalue weighted by molar-refractivity contribution is -0.384. The predicted octanol–water partition coefficient (Wildman–Crippen LogP) is 2.03. The normalized spacial score (nSPS) is 9.94. The number of carboxylic acid groups (broad SMARTS) is 1. The number of carbonyl (C=O) groups is 1. The number of thioether (sulfide) groups is 1. The number of nitrogens with zero attached hydrogens (tertiary/aromatic N) is 1. The third kappa shape index (κ3) is 3.63. The van der Waals surface area contributed by atoms with E-state index in [1.807, 2.05) is 6.26 Å². The Morgan fingerprint density at radius 1 is 1.59 bits per heavy atom. The third-order valence-electron chi connectivity index (χ3n) is 1.95. The van der Waals surface area contributed by atoms with Crippen LogP contribution in [-0.2, 0) is 0 Å². The van der Waals surface area contributed by atoms with Gasteiger partial charge in [-0.2, -0.15) is 11.8 Å². The summed E-state index contributed by atoms with van der Waals surface area (Å²) in [7, 11) is 0. The van der Waals surface area contributed by atoms with Gasteiger partial charge in [0.25, 0.3) is 5.69 Å². The average Bonchev–Trinajstić information content (AvgIpc) is 2.29. The summed E-state index contributed by atoms with van der Waals surface area (Å²) >= 11 is 1.56. The highest BCUT2D eigenvalue weighted by atomic mass is 32.2. The van der Waals surface area contributed by atoms with Crippen LogP contribution in [0.1, 0.15) is 10.4 Å². The van der Waals surface area contributed by atoms with Crippen LogP contribution in [0.3, 0.4) is 0 Å². The third-order valence-corrected chi connectivity index (χ3v) is 2.52. The van der Waals surface area contributed by atoms with Crippen molar-refractivity contribution in [3.63, 3.8) is 0 Å². The van der Waals surface area contributed by atoms with E-state index in [1.54, 1.807) is 11.8 Å². The number of nitro groups is 1. The molecule has 0 aliphatic heterocycles. The van der Waals surface area contributed by atoms with Crippen LogP contribution in [-0.4, -0.2) is 34.6 Å². The Morgan fingerprint density at radius 3 is 2.82 bits per heavy atom. The molecule has 0 unspecified atom stereocenters. The molecule has 1 N–H and O–H groups in total. The fourth-order valence-electron chi connectivity index (χ4n) is 1.16. The van der Waals surface area contributed by atoms with Crippen LogP contribution < -0.4 is 4.74 Å². The van der Waals surface area contributed by atoms with Crippen molar-refractivity contribution in [3.05, 3.63) is 33.9 Å². The first-order valence-corrected chi connectivity index (χ1v) is 6.09. The number of nitro benzene ring substituents is 1. The summed E-state index contributed by atoms with van der Waals surface area (Å²) in [5.74, 6) is -0.374. The Hall–Kier alpha value is -1.76. The van der Waals surface area contributed by atoms with Gasteiger partial charge in [-0.1, -0.05) is 0 Å². The molecule has 0 radical (unpaired) electrons. The van der Waals surface area contributed by atoms with E-state index in [9.17, 15) is 14.9 Å². The van der Waals surface area contributed by atoms with Gasteiger partial charge in [-0.15, -0.1) is 0 Å². The van der Waals surface area contributed by atoms with E-state index >= 15 is 0 Å². The molecule has 17 heavy (non-hydrogen) atoms. The summed E-state index contributed by atoms with van der Waals surface area (Å²) in [6.45, 7) is 0.360. The number of rotatable bonds is 6. The second kappa shape index (κ2) is 6.09. The minimum Gasteiger partial charge on any atom is -0.492 e. The largest absolute Gasteiger partial charge is 0.492 e. The van der Waals surface area contributed by atoms with Gasteiger partial charge in [-0.05, 0) is 12.3 Å². The molecule has 6 nitrogen and oxygen atoms in total. The molecule has 0 fully saturated rings. The van der Waals surface area contributed by atoms with Gasteiger partial charge in [-0.3, -0.25) is 10.1 Å². The van der Waals surface area contributed by atoms with Crippen LogP contribution in [0, 0.1) is 10.1 Å². The number of hydrogen-bond donors (Lipinski definition) is 1. The minimum absolute atomic E-state index is 0.150. The van der Waals surface area contributed by atoms with Gasteiger partial charge in [0.1, 0.15) is 11.3 Å². The van der Waals surface area contributed by atoms with E-state index in [0.29, 0.717) is 6.61 Å². The van der Waals surface area contributed by atoms with Gasteiger partial charge in [0, 0.05) is 17.9 Å². The first-order chi connectivity index (χ1) is 8.06. The van der Waals surface area contributed by atoms with Crippen LogP contribution in [0.25, 0.3) is 0 Å². The van der Waals surface area contributed by atoms with Crippen molar-refractivity contribution in [2.24, 2.45) is 0 Å². The second-order valence-corrected chi connectivity index (χ2v) is 4.07. The summed E-state index contributed by atoms with van der Waals surface area (Å²) < 4.78 is 5.25. The SMILES string of the molecule is CSCCOc1ccc([N+](=O)[O-])cc1C(=O)O. The Kier molecular flexibility index (Phi) is 4.77. The van der Waals surface area contributed by atoms with Gasteiger partial charge in [0.05, 0.1) is 11.5 Å². The summed E-state index contributed by atoms with van der Waals surface area (Å²) in [6.07, 6.45) is 1.90. The standard InChI is InChI=1S/C10H11NO5S/c1-17-5-4-16-9-3-2-7(11(14)15)6-8(9)10(12)13/h2-3,6H,4-5H2,1H3,(H,12,13). The highest BCUT2D eigenvalue weighted by Gasteiger charge is 2.16. The molecule has 0 saturated carbocycles. The van der Waals surface area contributed by atoms with E-state index in [2.05, 4.69) is 0 Å². The number of aromatic carboxylic acids is 1. The van der Waals surface area contributed by atoms with Crippen molar-refractivity contribution in [2.75, 3.05) is 18.6 Å². The van der Waals surface area contributed by atoms with E-state index < -0.39 is 10.9 Å². The lowest BCUT2D eigenvalue weighted by atomic mass is 10.2. The Bertz CT molecular complexity index is 435. The molecular formula is C10H11NO5S. The maximum Gasteiger partial charge on any atom is 0.339 e. The number of hydrogen-bond acceptors (Lipinski definition) is 5. The lowest BCUT2D eigenvalue weighted by Gasteiger charge is -2.07. The quantitative estimate of drug-likeness (QED) is 0.476. The van der Waals surface area contributed by atoms with Crippen LogP contribution in [0.4, 0.5) is 5.69 Å². The molecular weight excluding hydrogens is 246 g/mol. The van der Waals surface area contributed by atoms with Crippen molar-refractivity contribution < 1.29 is 19.6 Å². The van der Waals surface area contributed by atoms with Crippen molar-refractivity contribution in [1.29, 1.82) is 0 Å². The van der Waals surface area contributed by atoms with E-state index in [4.69, 9.17) is 9.84 Å². The van der Waals surface area contributed by atoms with E-state index in [0.717, 1.165) is 11.8 Å². The monoisotopic (exact) mass is 257 g/mol. The van der Waals surface area contributed by atoms with Crippen LogP contribution >= 0.6 is 11.8 Å². The highest BCUT2D eigenvalue weighted by molar-refractivity contribution is 7.98. The molecule has 0 spiro atoms. The molecule has 0 amide bonds. The fraction of sp³-hybridized carbons (Fsp3) is 0.300. The summed E-state index contributed by atoms with van der Waals surface area (Å²) in [6, 6.07) is 3.53. The molecule has 0 aliphatic carbocycles. The van der Waals surface area contributed by atoms with Crippen molar-refractivity contribution in [2.45, 2.75) is 0 Å². The Labute approximate surface area is 102 Å². The Morgan fingerprint density at radius 2 is 2.29 bits per heavy atom. The Balaban J connectivity index is 2.96. The summed E-state index contributed by atoms with van der Waals surface area (Å²) in [4.78, 5) is 20.8. The molecule has 0 atom stereocenters. The first kappa shape index (κ1) is 13.3. The van der Waals surface area contributed by atoms with Gasteiger partial charge < -0.3 is 9.84 Å². The van der Waals surface area contributed by atoms with Crippen molar-refractivity contribution in [3.8, 4) is 5.75 Å². The number of carboxylic acids is 1. The lowest BCUT2D eigenvalue weighted by Crippen LogP contribution is -2.06. The molecule has 0 aromatic heterocycles. The molecule has 0 aliphatic rings. The zero-order valence-electron chi connectivity index (χ0n) is 9.08. The van der Waals surface area contributed by atoms with Gasteiger partial charge in [-0.25, -0.2) is 4.79 Å². The maximum atomic E-state index is 10.9. The number of ether oxygens (including phenoxy) is 1. The molecule has 1 rings (SSSR count). The molecule has 92 valence electrons. The zero-order valence-corrected chi connectivity index (χ0v) is 9.90. The van der Waals surface area contributed by atoms with Crippen LogP contribution in [0.2, 0.25) is 0 Å². The minimum atomic E-state index is -1.24. The van der Waals surface area contributed by atoms with Crippen molar-refractivity contribution >= 4 is 23.4 Å². The maximum absolute atomic E-state index is 10.9. The zero-order chi connectivity index (χ0) is 12.8. The number of non-ortho nitro benzene ring substituents is 1. The second-order valence-electron chi connectivity index (χ2n) is 3.08. The summed E-state index contributed by atoms with van der Waals surface area (Å²) in [5, 5.41) is 19.4. The summed E-state index contributed by atoms with van der Waals surface area (Å²) in [5.41, 5.74) is -0.458. The molecule has 1 aromatic carbocycles. The molecule has 0 bridgehead atoms.